The van der Waals surface area contributed by atoms with Crippen molar-refractivity contribution in [3.63, 3.8) is 0 Å². The van der Waals surface area contributed by atoms with Gasteiger partial charge in [0.15, 0.2) is 5.82 Å². The molecule has 132 valence electrons. The van der Waals surface area contributed by atoms with Crippen LogP contribution in [0.25, 0.3) is 11.5 Å². The van der Waals surface area contributed by atoms with E-state index in [1.807, 2.05) is 13.1 Å². The molecule has 0 saturated carbocycles. The predicted molar refractivity (Wildman–Crippen MR) is 97.6 cm³/mol. The first-order chi connectivity index (χ1) is 10.7. The Bertz CT molecular complexity index is 638. The molecule has 0 unspecified atom stereocenters. The van der Waals surface area contributed by atoms with Gasteiger partial charge in [-0.05, 0) is 25.5 Å². The fourth-order valence-electron chi connectivity index (χ4n) is 2.60. The van der Waals surface area contributed by atoms with E-state index < -0.39 is 0 Å². The van der Waals surface area contributed by atoms with Crippen LogP contribution in [0.5, 0.6) is 0 Å². The average molecular weight is 373 g/mol. The summed E-state index contributed by atoms with van der Waals surface area (Å²) in [7, 11) is 1.84. The zero-order chi connectivity index (χ0) is 15.4. The summed E-state index contributed by atoms with van der Waals surface area (Å²) < 4.78 is 1.71. The molecule has 1 aliphatic heterocycles. The van der Waals surface area contributed by atoms with Crippen molar-refractivity contribution in [2.45, 2.75) is 31.7 Å². The van der Waals surface area contributed by atoms with Gasteiger partial charge < -0.3 is 10.6 Å². The number of nitrogens with one attached hydrogen (secondary N) is 2. The molecule has 0 bridgehead atoms. The molecule has 0 radical (unpaired) electrons. The summed E-state index contributed by atoms with van der Waals surface area (Å²) in [5.74, 6) is 0.573. The highest BCUT2D eigenvalue weighted by Gasteiger charge is 2.19. The number of carbonyl (C=O) groups excluding carboxylic acids is 1. The minimum Gasteiger partial charge on any atom is -0.322 e. The summed E-state index contributed by atoms with van der Waals surface area (Å²) in [5, 5.41) is 10.2. The standard InChI is InChI=1S/C15H20N6O.2ClH/c1-21-13(6-8-19-21)14-17-9-11(10-18-14)20-15(22)12-5-3-2-4-7-16-12;;/h6,8-10,12,16H,2-5,7H2,1H3,(H,20,22);2*1H/t12-;;/m1../s1. The molecule has 2 aromatic heterocycles. The van der Waals surface area contributed by atoms with Crippen molar-refractivity contribution in [1.29, 1.82) is 0 Å². The number of hydrogen-bond acceptors (Lipinski definition) is 5. The summed E-state index contributed by atoms with van der Waals surface area (Å²) in [4.78, 5) is 20.8. The number of hydrogen-bond donors (Lipinski definition) is 2. The Balaban J connectivity index is 0.00000144. The largest absolute Gasteiger partial charge is 0.322 e. The maximum atomic E-state index is 12.2. The van der Waals surface area contributed by atoms with E-state index >= 15 is 0 Å². The van der Waals surface area contributed by atoms with Gasteiger partial charge >= 0.3 is 0 Å². The van der Waals surface area contributed by atoms with Gasteiger partial charge in [-0.1, -0.05) is 12.8 Å². The molecular weight excluding hydrogens is 351 g/mol. The van der Waals surface area contributed by atoms with E-state index in [0.717, 1.165) is 31.5 Å². The van der Waals surface area contributed by atoms with Crippen molar-refractivity contribution in [3.05, 3.63) is 24.7 Å². The van der Waals surface area contributed by atoms with E-state index in [1.165, 1.54) is 6.42 Å². The molecule has 2 N–H and O–H groups in total. The van der Waals surface area contributed by atoms with Crippen LogP contribution in [0.15, 0.2) is 24.7 Å². The lowest BCUT2D eigenvalue weighted by atomic mass is 10.1. The summed E-state index contributed by atoms with van der Waals surface area (Å²) in [6.07, 6.45) is 9.23. The van der Waals surface area contributed by atoms with Gasteiger partial charge in [0.1, 0.15) is 5.69 Å². The molecule has 0 aliphatic carbocycles. The molecule has 2 aromatic rings. The third kappa shape index (κ3) is 4.90. The minimum atomic E-state index is -0.126. The molecule has 24 heavy (non-hydrogen) atoms. The fourth-order valence-corrected chi connectivity index (χ4v) is 2.60. The Hall–Kier alpha value is -1.70. The third-order valence-corrected chi connectivity index (χ3v) is 3.85. The summed E-state index contributed by atoms with van der Waals surface area (Å²) in [6, 6.07) is 1.72. The second kappa shape index (κ2) is 9.56. The van der Waals surface area contributed by atoms with Crippen molar-refractivity contribution >= 4 is 36.4 Å². The summed E-state index contributed by atoms with van der Waals surface area (Å²) in [6.45, 7) is 0.897. The SMILES string of the molecule is Cl.Cl.Cn1nccc1-c1ncc(NC(=O)[C@H]2CCCCCN2)cn1. The van der Waals surface area contributed by atoms with Crippen molar-refractivity contribution in [1.82, 2.24) is 25.1 Å². The van der Waals surface area contributed by atoms with E-state index in [9.17, 15) is 4.79 Å². The molecule has 0 spiro atoms. The zero-order valence-corrected chi connectivity index (χ0v) is 15.1. The quantitative estimate of drug-likeness (QED) is 0.862. The first-order valence-electron chi connectivity index (χ1n) is 7.59. The fraction of sp³-hybridized carbons (Fsp3) is 0.467. The van der Waals surface area contributed by atoms with E-state index in [-0.39, 0.29) is 36.8 Å². The highest BCUT2D eigenvalue weighted by molar-refractivity contribution is 5.94. The number of aromatic nitrogens is 4. The zero-order valence-electron chi connectivity index (χ0n) is 13.4. The molecule has 1 amide bonds. The Morgan fingerprint density at radius 2 is 2.00 bits per heavy atom. The van der Waals surface area contributed by atoms with Crippen LogP contribution in [0.3, 0.4) is 0 Å². The number of rotatable bonds is 3. The summed E-state index contributed by atoms with van der Waals surface area (Å²) in [5.41, 5.74) is 1.45. The van der Waals surface area contributed by atoms with Gasteiger partial charge in [0.25, 0.3) is 0 Å². The lowest BCUT2D eigenvalue weighted by Gasteiger charge is -2.15. The van der Waals surface area contributed by atoms with Crippen LogP contribution >= 0.6 is 24.8 Å². The van der Waals surface area contributed by atoms with Crippen molar-refractivity contribution in [2.75, 3.05) is 11.9 Å². The van der Waals surface area contributed by atoms with Crippen LogP contribution < -0.4 is 10.6 Å². The van der Waals surface area contributed by atoms with Gasteiger partial charge in [0.05, 0.1) is 24.1 Å². The highest BCUT2D eigenvalue weighted by Crippen LogP contribution is 2.15. The molecule has 3 heterocycles. The Morgan fingerprint density at radius 3 is 2.67 bits per heavy atom. The summed E-state index contributed by atoms with van der Waals surface area (Å²) >= 11 is 0. The molecule has 1 aliphatic rings. The number of anilines is 1. The van der Waals surface area contributed by atoms with Crippen LogP contribution in [-0.2, 0) is 11.8 Å². The second-order valence-electron chi connectivity index (χ2n) is 5.48. The molecule has 9 heteroatoms. The number of aryl methyl sites for hydroxylation is 1. The maximum Gasteiger partial charge on any atom is 0.241 e. The van der Waals surface area contributed by atoms with E-state index in [1.54, 1.807) is 23.3 Å². The van der Waals surface area contributed by atoms with Crippen LogP contribution in [0, 0.1) is 0 Å². The van der Waals surface area contributed by atoms with Crippen LogP contribution in [-0.4, -0.2) is 38.2 Å². The Kier molecular flexibility index (Phi) is 8.10. The van der Waals surface area contributed by atoms with Gasteiger partial charge in [-0.25, -0.2) is 9.97 Å². The van der Waals surface area contributed by atoms with Crippen molar-refractivity contribution in [2.24, 2.45) is 7.05 Å². The molecule has 1 saturated heterocycles. The van der Waals surface area contributed by atoms with Gasteiger partial charge in [-0.15, -0.1) is 24.8 Å². The minimum absolute atomic E-state index is 0. The van der Waals surface area contributed by atoms with Gasteiger partial charge in [0.2, 0.25) is 5.91 Å². The average Bonchev–Trinajstić information content (AvgIpc) is 2.78. The first-order valence-corrected chi connectivity index (χ1v) is 7.59. The lowest BCUT2D eigenvalue weighted by molar-refractivity contribution is -0.118. The Morgan fingerprint density at radius 1 is 1.25 bits per heavy atom. The Labute approximate surface area is 153 Å². The van der Waals surface area contributed by atoms with Crippen LogP contribution in [0.1, 0.15) is 25.7 Å². The predicted octanol–water partition coefficient (Wildman–Crippen LogP) is 2.19. The van der Waals surface area contributed by atoms with E-state index in [0.29, 0.717) is 11.5 Å². The molecule has 3 rings (SSSR count). The van der Waals surface area contributed by atoms with Gasteiger partial charge in [0, 0.05) is 13.2 Å². The van der Waals surface area contributed by atoms with Crippen LogP contribution in [0.4, 0.5) is 5.69 Å². The molecule has 0 aromatic carbocycles. The van der Waals surface area contributed by atoms with E-state index in [4.69, 9.17) is 0 Å². The highest BCUT2D eigenvalue weighted by atomic mass is 35.5. The third-order valence-electron chi connectivity index (χ3n) is 3.85. The topological polar surface area (TPSA) is 84.7 Å². The molecule has 1 atom stereocenters. The number of nitrogens with zero attached hydrogens (tertiary/aromatic N) is 4. The van der Waals surface area contributed by atoms with Crippen molar-refractivity contribution in [3.8, 4) is 11.5 Å². The number of amides is 1. The maximum absolute atomic E-state index is 12.2. The van der Waals surface area contributed by atoms with Gasteiger partial charge in [-0.2, -0.15) is 5.10 Å². The second-order valence-corrected chi connectivity index (χ2v) is 5.48. The molecule has 1 fully saturated rings. The van der Waals surface area contributed by atoms with Gasteiger partial charge in [-0.3, -0.25) is 9.48 Å². The number of halogens is 2. The van der Waals surface area contributed by atoms with E-state index in [2.05, 4.69) is 25.7 Å². The number of carbonyl (C=O) groups is 1. The monoisotopic (exact) mass is 372 g/mol. The molecule has 7 nitrogen and oxygen atoms in total. The smallest absolute Gasteiger partial charge is 0.241 e. The normalized spacial score (nSPS) is 17.1. The lowest BCUT2D eigenvalue weighted by Crippen LogP contribution is -2.39. The van der Waals surface area contributed by atoms with Crippen LogP contribution in [0.2, 0.25) is 0 Å². The van der Waals surface area contributed by atoms with Crippen molar-refractivity contribution < 1.29 is 4.79 Å². The molecular formula is C15H22Cl2N6O. The first kappa shape index (κ1) is 20.3.